The molecule has 0 aliphatic rings. The number of hydrogen-bond acceptors (Lipinski definition) is 3. The summed E-state index contributed by atoms with van der Waals surface area (Å²) in [5, 5.41) is 11.8. The van der Waals surface area contributed by atoms with Crippen LogP contribution in [0.5, 0.6) is 0 Å². The lowest BCUT2D eigenvalue weighted by molar-refractivity contribution is -0.137. The maximum absolute atomic E-state index is 10.9. The van der Waals surface area contributed by atoms with Gasteiger partial charge in [-0.3, -0.25) is 4.79 Å². The van der Waals surface area contributed by atoms with Crippen molar-refractivity contribution >= 4 is 29.2 Å². The standard InChI is InChI=1S/C12H11ClN2O3/c1-2-3-10(12(17)18)15-9-5-4-7(11(14)16)6-8(9)13/h1,4-6,10,15H,3H2,(H2,14,16)(H,17,18). The molecule has 6 heteroatoms. The van der Waals surface area contributed by atoms with Crippen LogP contribution in [0.2, 0.25) is 5.02 Å². The zero-order valence-corrected chi connectivity index (χ0v) is 10.1. The Morgan fingerprint density at radius 3 is 2.67 bits per heavy atom. The molecular weight excluding hydrogens is 256 g/mol. The summed E-state index contributed by atoms with van der Waals surface area (Å²) in [6.07, 6.45) is 5.09. The number of carbonyl (C=O) groups is 2. The van der Waals surface area contributed by atoms with Crippen molar-refractivity contribution in [3.05, 3.63) is 28.8 Å². The number of terminal acetylenes is 1. The monoisotopic (exact) mass is 266 g/mol. The van der Waals surface area contributed by atoms with E-state index in [1.807, 2.05) is 0 Å². The van der Waals surface area contributed by atoms with Gasteiger partial charge in [0.1, 0.15) is 6.04 Å². The number of halogens is 1. The van der Waals surface area contributed by atoms with E-state index in [9.17, 15) is 9.59 Å². The Bertz CT molecular complexity index is 523. The van der Waals surface area contributed by atoms with Crippen LogP contribution in [0.4, 0.5) is 5.69 Å². The van der Waals surface area contributed by atoms with Crippen molar-refractivity contribution in [3.63, 3.8) is 0 Å². The number of carboxylic acids is 1. The van der Waals surface area contributed by atoms with Crippen molar-refractivity contribution in [2.24, 2.45) is 5.73 Å². The molecule has 1 amide bonds. The van der Waals surface area contributed by atoms with Gasteiger partial charge in [0.2, 0.25) is 5.91 Å². The van der Waals surface area contributed by atoms with Gasteiger partial charge in [0.05, 0.1) is 10.7 Å². The van der Waals surface area contributed by atoms with Crippen LogP contribution in [0, 0.1) is 12.3 Å². The van der Waals surface area contributed by atoms with Gasteiger partial charge in [0.15, 0.2) is 0 Å². The first-order valence-electron chi connectivity index (χ1n) is 4.98. The van der Waals surface area contributed by atoms with Gasteiger partial charge in [-0.15, -0.1) is 12.3 Å². The van der Waals surface area contributed by atoms with Crippen LogP contribution in [0.3, 0.4) is 0 Å². The first-order chi connectivity index (χ1) is 8.45. The number of primary amides is 1. The molecule has 1 atom stereocenters. The number of carboxylic acid groups (broad SMARTS) is 1. The molecule has 1 unspecified atom stereocenters. The highest BCUT2D eigenvalue weighted by atomic mass is 35.5. The predicted octanol–water partition coefficient (Wildman–Crippen LogP) is 1.33. The zero-order chi connectivity index (χ0) is 13.7. The van der Waals surface area contributed by atoms with Crippen LogP contribution in [0.1, 0.15) is 16.8 Å². The van der Waals surface area contributed by atoms with E-state index in [4.69, 9.17) is 28.9 Å². The second-order valence-electron chi connectivity index (χ2n) is 3.50. The van der Waals surface area contributed by atoms with E-state index in [0.717, 1.165) is 0 Å². The lowest BCUT2D eigenvalue weighted by Gasteiger charge is -2.14. The minimum Gasteiger partial charge on any atom is -0.480 e. The Kier molecular flexibility index (Phi) is 4.58. The van der Waals surface area contributed by atoms with Crippen LogP contribution in [0.25, 0.3) is 0 Å². The number of hydrogen-bond donors (Lipinski definition) is 3. The quantitative estimate of drug-likeness (QED) is 0.701. The summed E-state index contributed by atoms with van der Waals surface area (Å²) in [6, 6.07) is 3.35. The van der Waals surface area contributed by atoms with Crippen LogP contribution < -0.4 is 11.1 Å². The molecule has 18 heavy (non-hydrogen) atoms. The summed E-state index contributed by atoms with van der Waals surface area (Å²) in [6.45, 7) is 0. The predicted molar refractivity (Wildman–Crippen MR) is 68.5 cm³/mol. The molecular formula is C12H11ClN2O3. The average Bonchev–Trinajstić information content (AvgIpc) is 2.30. The van der Waals surface area contributed by atoms with Gasteiger partial charge in [0.25, 0.3) is 0 Å². The Balaban J connectivity index is 2.94. The van der Waals surface area contributed by atoms with E-state index in [-0.39, 0.29) is 17.0 Å². The highest BCUT2D eigenvalue weighted by Crippen LogP contribution is 2.24. The topological polar surface area (TPSA) is 92.4 Å². The summed E-state index contributed by atoms with van der Waals surface area (Å²) in [5.41, 5.74) is 5.72. The second kappa shape index (κ2) is 5.94. The molecule has 0 saturated heterocycles. The van der Waals surface area contributed by atoms with Crippen LogP contribution in [-0.2, 0) is 4.79 Å². The van der Waals surface area contributed by atoms with E-state index in [1.54, 1.807) is 0 Å². The Morgan fingerprint density at radius 1 is 1.56 bits per heavy atom. The molecule has 1 rings (SSSR count). The van der Waals surface area contributed by atoms with Gasteiger partial charge in [-0.2, -0.15) is 0 Å². The number of anilines is 1. The van der Waals surface area contributed by atoms with E-state index >= 15 is 0 Å². The third-order valence-electron chi connectivity index (χ3n) is 2.20. The fourth-order valence-electron chi connectivity index (χ4n) is 1.29. The molecule has 0 aliphatic heterocycles. The van der Waals surface area contributed by atoms with Crippen molar-refractivity contribution in [1.82, 2.24) is 0 Å². The van der Waals surface area contributed by atoms with Crippen LogP contribution in [-0.4, -0.2) is 23.0 Å². The maximum atomic E-state index is 10.9. The van der Waals surface area contributed by atoms with E-state index in [0.29, 0.717) is 5.69 Å². The number of carbonyl (C=O) groups excluding carboxylic acids is 1. The lowest BCUT2D eigenvalue weighted by atomic mass is 10.1. The molecule has 94 valence electrons. The first-order valence-corrected chi connectivity index (χ1v) is 5.35. The van der Waals surface area contributed by atoms with Crippen molar-refractivity contribution in [3.8, 4) is 12.3 Å². The molecule has 0 fully saturated rings. The molecule has 4 N–H and O–H groups in total. The van der Waals surface area contributed by atoms with Crippen LogP contribution in [0.15, 0.2) is 18.2 Å². The summed E-state index contributed by atoms with van der Waals surface area (Å²) in [4.78, 5) is 21.8. The zero-order valence-electron chi connectivity index (χ0n) is 9.31. The highest BCUT2D eigenvalue weighted by Gasteiger charge is 2.17. The second-order valence-corrected chi connectivity index (χ2v) is 3.91. The van der Waals surface area contributed by atoms with Gasteiger partial charge in [0, 0.05) is 12.0 Å². The summed E-state index contributed by atoms with van der Waals surface area (Å²) in [5.74, 6) is 0.568. The van der Waals surface area contributed by atoms with Gasteiger partial charge in [-0.25, -0.2) is 4.79 Å². The normalized spacial score (nSPS) is 11.3. The van der Waals surface area contributed by atoms with Gasteiger partial charge >= 0.3 is 5.97 Å². The van der Waals surface area contributed by atoms with Gasteiger partial charge in [-0.05, 0) is 18.2 Å². The third kappa shape index (κ3) is 3.40. The number of amides is 1. The van der Waals surface area contributed by atoms with E-state index in [1.165, 1.54) is 18.2 Å². The molecule has 0 saturated carbocycles. The Labute approximate surface area is 109 Å². The lowest BCUT2D eigenvalue weighted by Crippen LogP contribution is -2.28. The Morgan fingerprint density at radius 2 is 2.22 bits per heavy atom. The van der Waals surface area contributed by atoms with Crippen molar-refractivity contribution in [1.29, 1.82) is 0 Å². The number of nitrogens with two attached hydrogens (primary N) is 1. The molecule has 1 aromatic rings. The Hall–Kier alpha value is -2.19. The molecule has 0 bridgehead atoms. The molecule has 1 aromatic carbocycles. The number of rotatable bonds is 5. The van der Waals surface area contributed by atoms with Crippen molar-refractivity contribution in [2.45, 2.75) is 12.5 Å². The minimum atomic E-state index is -1.08. The maximum Gasteiger partial charge on any atom is 0.327 e. The minimum absolute atomic E-state index is 0.0171. The summed E-state index contributed by atoms with van der Waals surface area (Å²) >= 11 is 5.91. The molecule has 0 spiro atoms. The molecule has 0 radical (unpaired) electrons. The molecule has 0 heterocycles. The number of aliphatic carboxylic acids is 1. The van der Waals surface area contributed by atoms with E-state index in [2.05, 4.69) is 11.2 Å². The number of nitrogens with one attached hydrogen (secondary N) is 1. The van der Waals surface area contributed by atoms with Gasteiger partial charge in [-0.1, -0.05) is 11.6 Å². The third-order valence-corrected chi connectivity index (χ3v) is 2.52. The highest BCUT2D eigenvalue weighted by molar-refractivity contribution is 6.33. The van der Waals surface area contributed by atoms with Crippen LogP contribution >= 0.6 is 11.6 Å². The molecule has 0 aromatic heterocycles. The average molecular weight is 267 g/mol. The molecule has 0 aliphatic carbocycles. The van der Waals surface area contributed by atoms with Gasteiger partial charge < -0.3 is 16.2 Å². The number of benzene rings is 1. The summed E-state index contributed by atoms with van der Waals surface area (Å²) in [7, 11) is 0. The largest absolute Gasteiger partial charge is 0.480 e. The van der Waals surface area contributed by atoms with Crippen molar-refractivity contribution in [2.75, 3.05) is 5.32 Å². The first kappa shape index (κ1) is 13.9. The fraction of sp³-hybridized carbons (Fsp3) is 0.167. The summed E-state index contributed by atoms with van der Waals surface area (Å²) < 4.78 is 0. The molecule has 5 nitrogen and oxygen atoms in total. The fourth-order valence-corrected chi connectivity index (χ4v) is 1.53. The smallest absolute Gasteiger partial charge is 0.327 e. The van der Waals surface area contributed by atoms with E-state index < -0.39 is 17.9 Å². The SMILES string of the molecule is C#CCC(Nc1ccc(C(N)=O)cc1Cl)C(=O)O. The van der Waals surface area contributed by atoms with Crippen molar-refractivity contribution < 1.29 is 14.7 Å².